The number of carbonyl (C=O) groups excluding carboxylic acids is 1. The number of nitrogens with zero attached hydrogens (tertiary/aromatic N) is 1. The van der Waals surface area contributed by atoms with Gasteiger partial charge in [0.15, 0.2) is 0 Å². The van der Waals surface area contributed by atoms with Crippen LogP contribution >= 0.6 is 0 Å². The van der Waals surface area contributed by atoms with Crippen molar-refractivity contribution in [3.8, 4) is 11.5 Å². The summed E-state index contributed by atoms with van der Waals surface area (Å²) in [5.74, 6) is 0.796. The Balaban J connectivity index is 1.74. The van der Waals surface area contributed by atoms with Gasteiger partial charge in [0.2, 0.25) is 5.91 Å². The lowest BCUT2D eigenvalue weighted by molar-refractivity contribution is -0.131. The normalized spacial score (nSPS) is 24.8. The number of ether oxygens (including phenoxy) is 1. The lowest BCUT2D eigenvalue weighted by Crippen LogP contribution is -2.42. The Bertz CT molecular complexity index is 956. The van der Waals surface area contributed by atoms with Gasteiger partial charge in [-0.2, -0.15) is 0 Å². The average molecular weight is 440 g/mol. The number of amides is 1. The van der Waals surface area contributed by atoms with Gasteiger partial charge >= 0.3 is 0 Å². The highest BCUT2D eigenvalue weighted by molar-refractivity contribution is 5.86. The van der Waals surface area contributed by atoms with Crippen molar-refractivity contribution < 1.29 is 19.7 Å². The van der Waals surface area contributed by atoms with Crippen molar-refractivity contribution in [2.75, 3.05) is 19.8 Å². The number of rotatable bonds is 8. The van der Waals surface area contributed by atoms with E-state index in [1.807, 2.05) is 44.2 Å². The summed E-state index contributed by atoms with van der Waals surface area (Å²) in [7, 11) is 0. The van der Waals surface area contributed by atoms with Gasteiger partial charge in [-0.15, -0.1) is 0 Å². The van der Waals surface area contributed by atoms with E-state index in [4.69, 9.17) is 4.74 Å². The number of hydrogen-bond donors (Lipinski definition) is 4. The summed E-state index contributed by atoms with van der Waals surface area (Å²) in [5.41, 5.74) is 10.2. The molecule has 0 radical (unpaired) electrons. The van der Waals surface area contributed by atoms with Crippen molar-refractivity contribution in [2.24, 2.45) is 5.92 Å². The van der Waals surface area contributed by atoms with Crippen LogP contribution in [0.4, 0.5) is 0 Å². The van der Waals surface area contributed by atoms with E-state index in [9.17, 15) is 15.0 Å². The topological polar surface area (TPSA) is 94.1 Å². The molecule has 4 N–H and O–H groups in total. The molecule has 7 nitrogen and oxygen atoms in total. The second-order valence-corrected chi connectivity index (χ2v) is 8.81. The fraction of sp³-hybridized carbons (Fsp3) is 0.480. The van der Waals surface area contributed by atoms with Crippen molar-refractivity contribution in [3.63, 3.8) is 0 Å². The molecule has 7 heteroatoms. The second-order valence-electron chi connectivity index (χ2n) is 8.81. The maximum atomic E-state index is 13.3. The fourth-order valence-electron chi connectivity index (χ4n) is 5.19. The molecule has 1 amide bonds. The van der Waals surface area contributed by atoms with Crippen molar-refractivity contribution in [2.45, 2.75) is 51.7 Å². The van der Waals surface area contributed by atoms with Gasteiger partial charge in [-0.3, -0.25) is 4.79 Å². The number of nitrogens with one attached hydrogen (secondary N) is 2. The number of aromatic hydroxyl groups is 1. The Labute approximate surface area is 189 Å². The zero-order chi connectivity index (χ0) is 22.8. The first kappa shape index (κ1) is 22.6. The highest BCUT2D eigenvalue weighted by Crippen LogP contribution is 2.49. The van der Waals surface area contributed by atoms with Crippen LogP contribution in [0.1, 0.15) is 54.1 Å². The lowest BCUT2D eigenvalue weighted by atomic mass is 9.81. The monoisotopic (exact) mass is 439 g/mol. The molecule has 2 aromatic rings. The predicted molar refractivity (Wildman–Crippen MR) is 122 cm³/mol. The molecule has 2 heterocycles. The van der Waals surface area contributed by atoms with Crippen molar-refractivity contribution in [1.29, 1.82) is 0 Å². The molecular weight excluding hydrogens is 406 g/mol. The second kappa shape index (κ2) is 9.48. The number of aliphatic hydroxyl groups excluding tert-OH is 1. The third-order valence-electron chi connectivity index (χ3n) is 6.54. The maximum Gasteiger partial charge on any atom is 0.242 e. The molecule has 0 spiro atoms. The Hall–Kier alpha value is -2.61. The summed E-state index contributed by atoms with van der Waals surface area (Å²) >= 11 is 0. The molecule has 0 bridgehead atoms. The van der Waals surface area contributed by atoms with E-state index >= 15 is 0 Å². The van der Waals surface area contributed by atoms with E-state index in [0.717, 1.165) is 40.8 Å². The minimum atomic E-state index is -0.443. The van der Waals surface area contributed by atoms with Gasteiger partial charge in [-0.1, -0.05) is 31.5 Å². The van der Waals surface area contributed by atoms with E-state index in [-0.39, 0.29) is 42.8 Å². The fourth-order valence-corrected chi connectivity index (χ4v) is 5.19. The van der Waals surface area contributed by atoms with Crippen molar-refractivity contribution in [3.05, 3.63) is 58.7 Å². The zero-order valence-electron chi connectivity index (χ0n) is 19.0. The number of β-amino-alcohol motifs (C(OH)–C–C–N with tert-alkyl or cyclic N) is 1. The summed E-state index contributed by atoms with van der Waals surface area (Å²) in [6.45, 7) is 6.86. The Morgan fingerprint density at radius 2 is 1.91 bits per heavy atom. The number of phenols is 1. The highest BCUT2D eigenvalue weighted by Gasteiger charge is 2.55. The Kier molecular flexibility index (Phi) is 6.69. The molecule has 2 fully saturated rings. The van der Waals surface area contributed by atoms with Crippen LogP contribution in [0.25, 0.3) is 0 Å². The average Bonchev–Trinajstić information content (AvgIpc) is 3.28. The number of hydrogen-bond acceptors (Lipinski definition) is 6. The number of phenolic OH excluding ortho intramolecular Hbond substituents is 1. The van der Waals surface area contributed by atoms with Crippen LogP contribution in [0, 0.1) is 19.8 Å². The number of carbonyl (C=O) groups is 1. The molecule has 2 aromatic carbocycles. The predicted octanol–water partition coefficient (Wildman–Crippen LogP) is 2.90. The van der Waals surface area contributed by atoms with Crippen LogP contribution in [-0.2, 0) is 4.79 Å². The molecule has 2 aliphatic heterocycles. The van der Waals surface area contributed by atoms with E-state index < -0.39 is 6.04 Å². The van der Waals surface area contributed by atoms with Crippen LogP contribution in [0.5, 0.6) is 11.5 Å². The molecule has 0 saturated carbocycles. The highest BCUT2D eigenvalue weighted by atomic mass is 16.5. The first-order valence-corrected chi connectivity index (χ1v) is 11.4. The molecule has 172 valence electrons. The van der Waals surface area contributed by atoms with Gasteiger partial charge in [0.1, 0.15) is 17.5 Å². The van der Waals surface area contributed by atoms with Crippen LogP contribution in [0.3, 0.4) is 0 Å². The quantitative estimate of drug-likeness (QED) is 0.473. The van der Waals surface area contributed by atoms with Crippen LogP contribution in [-0.4, -0.2) is 46.8 Å². The largest absolute Gasteiger partial charge is 0.508 e. The minimum Gasteiger partial charge on any atom is -0.508 e. The van der Waals surface area contributed by atoms with Crippen molar-refractivity contribution >= 4 is 5.91 Å². The summed E-state index contributed by atoms with van der Waals surface area (Å²) < 4.78 is 5.92. The van der Waals surface area contributed by atoms with Gasteiger partial charge in [0, 0.05) is 18.0 Å². The minimum absolute atomic E-state index is 0.0504. The molecule has 4 atom stereocenters. The molecule has 0 aliphatic carbocycles. The number of hydrazine groups is 1. The number of fused-ring (bicyclic) bond motifs is 1. The Morgan fingerprint density at radius 3 is 2.62 bits per heavy atom. The summed E-state index contributed by atoms with van der Waals surface area (Å²) in [6.07, 6.45) is 2.04. The summed E-state index contributed by atoms with van der Waals surface area (Å²) in [4.78, 5) is 15.0. The maximum absolute atomic E-state index is 13.3. The van der Waals surface area contributed by atoms with Gasteiger partial charge < -0.3 is 19.8 Å². The van der Waals surface area contributed by atoms with E-state index in [0.29, 0.717) is 6.61 Å². The van der Waals surface area contributed by atoms with E-state index in [2.05, 4.69) is 17.8 Å². The molecular formula is C25H33N3O4. The summed E-state index contributed by atoms with van der Waals surface area (Å²) in [5, 5.41) is 20.5. The lowest BCUT2D eigenvalue weighted by Gasteiger charge is -2.32. The molecule has 32 heavy (non-hydrogen) atoms. The number of benzene rings is 2. The SMILES string of the molecule is CCCCOc1cccc(C2C3C(NNC3c3c(C)cc(C)cc3O)C(=O)N2CCO)c1. The zero-order valence-corrected chi connectivity index (χ0v) is 19.0. The first-order chi connectivity index (χ1) is 15.5. The van der Waals surface area contributed by atoms with Crippen LogP contribution in [0.15, 0.2) is 36.4 Å². The summed E-state index contributed by atoms with van der Waals surface area (Å²) in [6, 6.07) is 10.7. The van der Waals surface area contributed by atoms with E-state index in [1.165, 1.54) is 0 Å². The van der Waals surface area contributed by atoms with Gasteiger partial charge in [0.05, 0.1) is 25.3 Å². The molecule has 2 aliphatic rings. The smallest absolute Gasteiger partial charge is 0.242 e. The molecule has 2 saturated heterocycles. The van der Waals surface area contributed by atoms with Gasteiger partial charge in [-0.25, -0.2) is 10.9 Å². The number of aryl methyl sites for hydroxylation is 2. The standard InChI is InChI=1S/C25H33N3O4/c1-4-5-11-32-18-8-6-7-17(14-18)24-21-22(20-16(3)12-15(2)13-19(20)30)26-27-23(21)25(31)28(24)9-10-29/h6-8,12-14,21-24,26-27,29-30H,4-5,9-11H2,1-3H3. The third-order valence-corrected chi connectivity index (χ3v) is 6.54. The van der Waals surface area contributed by atoms with Crippen molar-refractivity contribution in [1.82, 2.24) is 15.8 Å². The number of unbranched alkanes of at least 4 members (excludes halogenated alkanes) is 1. The van der Waals surface area contributed by atoms with Gasteiger partial charge in [0.25, 0.3) is 0 Å². The molecule has 4 unspecified atom stereocenters. The van der Waals surface area contributed by atoms with Crippen LogP contribution < -0.4 is 15.6 Å². The van der Waals surface area contributed by atoms with Crippen LogP contribution in [0.2, 0.25) is 0 Å². The van der Waals surface area contributed by atoms with E-state index in [1.54, 1.807) is 11.0 Å². The number of aliphatic hydroxyl groups is 1. The molecule has 4 rings (SSSR count). The molecule has 0 aromatic heterocycles. The first-order valence-electron chi connectivity index (χ1n) is 11.4. The Morgan fingerprint density at radius 1 is 1.12 bits per heavy atom. The number of likely N-dealkylation sites (tertiary alicyclic amines) is 1. The third kappa shape index (κ3) is 4.08. The van der Waals surface area contributed by atoms with Gasteiger partial charge in [-0.05, 0) is 55.2 Å².